The predicted octanol–water partition coefficient (Wildman–Crippen LogP) is 2.35. The van der Waals surface area contributed by atoms with Gasteiger partial charge in [0, 0.05) is 19.2 Å². The zero-order valence-corrected chi connectivity index (χ0v) is 12.4. The monoisotopic (exact) mass is 296 g/mol. The Labute approximate surface area is 130 Å². The van der Waals surface area contributed by atoms with Crippen LogP contribution >= 0.6 is 0 Å². The second-order valence-corrected chi connectivity index (χ2v) is 4.76. The number of nitrogens with one attached hydrogen (secondary N) is 1. The number of rotatable bonds is 7. The van der Waals surface area contributed by atoms with Gasteiger partial charge in [-0.2, -0.15) is 0 Å². The molecule has 2 aromatic carbocycles. The van der Waals surface area contributed by atoms with Gasteiger partial charge in [-0.15, -0.1) is 0 Å². The summed E-state index contributed by atoms with van der Waals surface area (Å²) in [6.07, 6.45) is 3.24. The van der Waals surface area contributed by atoms with Crippen molar-refractivity contribution in [1.29, 1.82) is 0 Å². The molecule has 0 radical (unpaired) electrons. The zero-order chi connectivity index (χ0) is 15.6. The first kappa shape index (κ1) is 15.8. The van der Waals surface area contributed by atoms with E-state index in [1.54, 1.807) is 6.08 Å². The van der Waals surface area contributed by atoms with Gasteiger partial charge in [0.2, 0.25) is 5.91 Å². The Hall–Kier alpha value is -2.59. The fraction of sp³-hybridized carbons (Fsp3) is 0.167. The predicted molar refractivity (Wildman–Crippen MR) is 88.3 cm³/mol. The quantitative estimate of drug-likeness (QED) is 0.771. The molecule has 0 aliphatic carbocycles. The average molecular weight is 296 g/mol. The van der Waals surface area contributed by atoms with Crippen LogP contribution in [-0.4, -0.2) is 19.0 Å². The van der Waals surface area contributed by atoms with Gasteiger partial charge in [0.15, 0.2) is 0 Å². The SMILES string of the molecule is NCCNC(=O)/C=C/c1cccc(OCc2ccccc2)c1. The number of amides is 1. The molecule has 2 rings (SSSR count). The van der Waals surface area contributed by atoms with Gasteiger partial charge in [0.1, 0.15) is 12.4 Å². The summed E-state index contributed by atoms with van der Waals surface area (Å²) in [5.74, 6) is 0.620. The van der Waals surface area contributed by atoms with Crippen molar-refractivity contribution >= 4 is 12.0 Å². The van der Waals surface area contributed by atoms with E-state index >= 15 is 0 Å². The smallest absolute Gasteiger partial charge is 0.244 e. The molecule has 0 aliphatic heterocycles. The van der Waals surface area contributed by atoms with Gasteiger partial charge < -0.3 is 15.8 Å². The van der Waals surface area contributed by atoms with Crippen molar-refractivity contribution in [3.05, 3.63) is 71.8 Å². The Morgan fingerprint density at radius 2 is 1.95 bits per heavy atom. The van der Waals surface area contributed by atoms with Crippen molar-refractivity contribution in [2.24, 2.45) is 5.73 Å². The molecule has 4 heteroatoms. The van der Waals surface area contributed by atoms with Gasteiger partial charge in [0.25, 0.3) is 0 Å². The zero-order valence-electron chi connectivity index (χ0n) is 12.4. The van der Waals surface area contributed by atoms with E-state index in [-0.39, 0.29) is 5.91 Å². The van der Waals surface area contributed by atoms with Crippen LogP contribution in [0.15, 0.2) is 60.7 Å². The third-order valence-electron chi connectivity index (χ3n) is 2.98. The average Bonchev–Trinajstić information content (AvgIpc) is 2.57. The van der Waals surface area contributed by atoms with Crippen LogP contribution < -0.4 is 15.8 Å². The maximum atomic E-state index is 11.5. The molecule has 3 N–H and O–H groups in total. The fourth-order valence-corrected chi connectivity index (χ4v) is 1.88. The number of carbonyl (C=O) groups is 1. The molecule has 0 fully saturated rings. The van der Waals surface area contributed by atoms with Gasteiger partial charge in [-0.25, -0.2) is 0 Å². The van der Waals surface area contributed by atoms with E-state index < -0.39 is 0 Å². The summed E-state index contributed by atoms with van der Waals surface area (Å²) in [4.78, 5) is 11.5. The second-order valence-electron chi connectivity index (χ2n) is 4.76. The lowest BCUT2D eigenvalue weighted by Gasteiger charge is -2.07. The Balaban J connectivity index is 1.92. The third kappa shape index (κ3) is 5.42. The van der Waals surface area contributed by atoms with Crippen LogP contribution in [0.3, 0.4) is 0 Å². The maximum absolute atomic E-state index is 11.5. The highest BCUT2D eigenvalue weighted by Gasteiger charge is 1.98. The number of hydrogen-bond donors (Lipinski definition) is 2. The van der Waals surface area contributed by atoms with Gasteiger partial charge >= 0.3 is 0 Å². The first-order chi connectivity index (χ1) is 10.8. The van der Waals surface area contributed by atoms with E-state index in [4.69, 9.17) is 10.5 Å². The van der Waals surface area contributed by atoms with Crippen molar-refractivity contribution in [3.8, 4) is 5.75 Å². The van der Waals surface area contributed by atoms with Crippen molar-refractivity contribution in [2.45, 2.75) is 6.61 Å². The normalized spacial score (nSPS) is 10.6. The van der Waals surface area contributed by atoms with Crippen LogP contribution in [0.4, 0.5) is 0 Å². The molecule has 0 aliphatic rings. The molecular formula is C18H20N2O2. The summed E-state index contributed by atoms with van der Waals surface area (Å²) < 4.78 is 5.75. The van der Waals surface area contributed by atoms with Crippen LogP contribution in [-0.2, 0) is 11.4 Å². The van der Waals surface area contributed by atoms with Crippen molar-refractivity contribution in [2.75, 3.05) is 13.1 Å². The molecule has 0 heterocycles. The van der Waals surface area contributed by atoms with Gasteiger partial charge in [-0.3, -0.25) is 4.79 Å². The minimum Gasteiger partial charge on any atom is -0.489 e. The second kappa shape index (κ2) is 8.64. The number of carbonyl (C=O) groups excluding carboxylic acids is 1. The van der Waals surface area contributed by atoms with Crippen LogP contribution in [0.25, 0.3) is 6.08 Å². The van der Waals surface area contributed by atoms with E-state index in [9.17, 15) is 4.79 Å². The Kier molecular flexibility index (Phi) is 6.20. The molecule has 0 atom stereocenters. The molecule has 1 amide bonds. The summed E-state index contributed by atoms with van der Waals surface area (Å²) in [5.41, 5.74) is 7.36. The van der Waals surface area contributed by atoms with Gasteiger partial charge in [-0.05, 0) is 29.3 Å². The Morgan fingerprint density at radius 1 is 1.14 bits per heavy atom. The molecule has 0 spiro atoms. The molecule has 0 saturated carbocycles. The lowest BCUT2D eigenvalue weighted by Crippen LogP contribution is -2.27. The Morgan fingerprint density at radius 3 is 2.73 bits per heavy atom. The van der Waals surface area contributed by atoms with E-state index in [0.29, 0.717) is 19.7 Å². The number of benzene rings is 2. The maximum Gasteiger partial charge on any atom is 0.244 e. The number of ether oxygens (including phenoxy) is 1. The molecule has 0 unspecified atom stereocenters. The molecule has 0 bridgehead atoms. The van der Waals surface area contributed by atoms with E-state index in [1.807, 2.05) is 54.6 Å². The summed E-state index contributed by atoms with van der Waals surface area (Å²) >= 11 is 0. The largest absolute Gasteiger partial charge is 0.489 e. The summed E-state index contributed by atoms with van der Waals surface area (Å²) in [6, 6.07) is 17.6. The lowest BCUT2D eigenvalue weighted by molar-refractivity contribution is -0.116. The molecule has 114 valence electrons. The first-order valence-corrected chi connectivity index (χ1v) is 7.21. The summed E-state index contributed by atoms with van der Waals surface area (Å²) in [7, 11) is 0. The summed E-state index contributed by atoms with van der Waals surface area (Å²) in [6.45, 7) is 1.43. The highest BCUT2D eigenvalue weighted by Crippen LogP contribution is 2.16. The standard InChI is InChI=1S/C18H20N2O2/c19-11-12-20-18(21)10-9-15-7-4-8-17(13-15)22-14-16-5-2-1-3-6-16/h1-10,13H,11-12,14,19H2,(H,20,21)/b10-9+. The van der Waals surface area contributed by atoms with Crippen LogP contribution in [0.2, 0.25) is 0 Å². The number of nitrogens with two attached hydrogens (primary N) is 1. The molecule has 22 heavy (non-hydrogen) atoms. The molecular weight excluding hydrogens is 276 g/mol. The Bertz CT molecular complexity index is 624. The first-order valence-electron chi connectivity index (χ1n) is 7.21. The van der Waals surface area contributed by atoms with E-state index in [0.717, 1.165) is 16.9 Å². The van der Waals surface area contributed by atoms with Crippen molar-refractivity contribution in [1.82, 2.24) is 5.32 Å². The number of hydrogen-bond acceptors (Lipinski definition) is 3. The molecule has 0 aromatic heterocycles. The summed E-state index contributed by atoms with van der Waals surface area (Å²) in [5, 5.41) is 2.68. The van der Waals surface area contributed by atoms with Crippen LogP contribution in [0.5, 0.6) is 5.75 Å². The van der Waals surface area contributed by atoms with E-state index in [1.165, 1.54) is 6.08 Å². The highest BCUT2D eigenvalue weighted by molar-refractivity contribution is 5.91. The van der Waals surface area contributed by atoms with Crippen LogP contribution in [0.1, 0.15) is 11.1 Å². The third-order valence-corrected chi connectivity index (χ3v) is 2.98. The van der Waals surface area contributed by atoms with Crippen molar-refractivity contribution in [3.63, 3.8) is 0 Å². The van der Waals surface area contributed by atoms with Crippen molar-refractivity contribution < 1.29 is 9.53 Å². The minimum absolute atomic E-state index is 0.152. The molecule has 4 nitrogen and oxygen atoms in total. The fourth-order valence-electron chi connectivity index (χ4n) is 1.88. The lowest BCUT2D eigenvalue weighted by atomic mass is 10.2. The molecule has 0 saturated heterocycles. The molecule has 2 aromatic rings. The van der Waals surface area contributed by atoms with Crippen LogP contribution in [0, 0.1) is 0 Å². The van der Waals surface area contributed by atoms with Gasteiger partial charge in [-0.1, -0.05) is 42.5 Å². The minimum atomic E-state index is -0.152. The topological polar surface area (TPSA) is 64.3 Å². The highest BCUT2D eigenvalue weighted by atomic mass is 16.5. The van der Waals surface area contributed by atoms with E-state index in [2.05, 4.69) is 5.32 Å². The van der Waals surface area contributed by atoms with Gasteiger partial charge in [0.05, 0.1) is 0 Å².